The van der Waals surface area contributed by atoms with E-state index >= 15 is 0 Å². The van der Waals surface area contributed by atoms with Gasteiger partial charge in [0.25, 0.3) is 0 Å². The number of guanidine groups is 1. The first-order chi connectivity index (χ1) is 11.1. The molecule has 24 heavy (non-hydrogen) atoms. The number of nitrogens with zero attached hydrogens (tertiary/aromatic N) is 4. The highest BCUT2D eigenvalue weighted by Gasteiger charge is 2.18. The molecule has 7 heteroatoms. The van der Waals surface area contributed by atoms with Gasteiger partial charge in [-0.3, -0.25) is 0 Å². The van der Waals surface area contributed by atoms with Crippen LogP contribution >= 0.6 is 35.6 Å². The Morgan fingerprint density at radius 3 is 2.38 bits per heavy atom. The maximum Gasteiger partial charge on any atom is 0.191 e. The molecule has 1 saturated heterocycles. The number of nitrogens with two attached hydrogens (primary N) is 1. The predicted molar refractivity (Wildman–Crippen MR) is 111 cm³/mol. The summed E-state index contributed by atoms with van der Waals surface area (Å²) in [6.07, 6.45) is 2.02. The molecular weight excluding hydrogens is 437 g/mol. The third kappa shape index (κ3) is 4.57. The second kappa shape index (κ2) is 8.62. The molecule has 0 amide bonds. The Bertz CT molecular complexity index is 675. The van der Waals surface area contributed by atoms with Gasteiger partial charge in [0, 0.05) is 55.8 Å². The summed E-state index contributed by atoms with van der Waals surface area (Å²) >= 11 is 5.94. The summed E-state index contributed by atoms with van der Waals surface area (Å²) in [4.78, 5) is 9.02. The molecule has 1 fully saturated rings. The fourth-order valence-corrected chi connectivity index (χ4v) is 2.89. The van der Waals surface area contributed by atoms with Crippen LogP contribution in [0.5, 0.6) is 0 Å². The van der Waals surface area contributed by atoms with E-state index in [0.29, 0.717) is 12.5 Å². The van der Waals surface area contributed by atoms with Crippen molar-refractivity contribution in [2.24, 2.45) is 17.8 Å². The van der Waals surface area contributed by atoms with Crippen molar-refractivity contribution in [3.8, 4) is 0 Å². The highest BCUT2D eigenvalue weighted by molar-refractivity contribution is 14.0. The molecule has 0 bridgehead atoms. The minimum absolute atomic E-state index is 0. The third-order valence-corrected chi connectivity index (χ3v) is 4.50. The first kappa shape index (κ1) is 18.9. The average molecular weight is 460 g/mol. The Hall–Kier alpha value is -1.41. The number of rotatable bonds is 3. The zero-order chi connectivity index (χ0) is 16.2. The molecule has 1 aromatic carbocycles. The molecule has 0 radical (unpaired) electrons. The lowest BCUT2D eigenvalue weighted by atomic mass is 10.2. The van der Waals surface area contributed by atoms with E-state index in [0.717, 1.165) is 36.9 Å². The van der Waals surface area contributed by atoms with Crippen LogP contribution < -0.4 is 10.6 Å². The molecule has 2 aromatic rings. The number of anilines is 1. The number of halogens is 2. The topological polar surface area (TPSA) is 49.8 Å². The lowest BCUT2D eigenvalue weighted by molar-refractivity contribution is 0.380. The summed E-state index contributed by atoms with van der Waals surface area (Å²) in [5.74, 6) is 0.627. The molecule has 130 valence electrons. The van der Waals surface area contributed by atoms with Crippen LogP contribution in [0, 0.1) is 0 Å². The summed E-state index contributed by atoms with van der Waals surface area (Å²) in [5, 5.41) is 0.768. The average Bonchev–Trinajstić information content (AvgIpc) is 2.99. The minimum Gasteiger partial charge on any atom is -0.370 e. The Labute approximate surface area is 165 Å². The zero-order valence-electron chi connectivity index (χ0n) is 13.7. The summed E-state index contributed by atoms with van der Waals surface area (Å²) in [7, 11) is 2.02. The van der Waals surface area contributed by atoms with Crippen LogP contribution in [0.3, 0.4) is 0 Å². The summed E-state index contributed by atoms with van der Waals surface area (Å²) < 4.78 is 2.06. The van der Waals surface area contributed by atoms with Gasteiger partial charge in [0.2, 0.25) is 0 Å². The van der Waals surface area contributed by atoms with E-state index in [2.05, 4.69) is 37.6 Å². The van der Waals surface area contributed by atoms with Crippen LogP contribution in [0.4, 0.5) is 5.69 Å². The Morgan fingerprint density at radius 2 is 1.79 bits per heavy atom. The fourth-order valence-electron chi connectivity index (χ4n) is 2.77. The summed E-state index contributed by atoms with van der Waals surface area (Å²) in [6.45, 7) is 4.24. The molecule has 0 unspecified atom stereocenters. The Kier molecular flexibility index (Phi) is 6.79. The molecule has 3 rings (SSSR count). The number of aromatic nitrogens is 1. The van der Waals surface area contributed by atoms with Crippen LogP contribution in [-0.2, 0) is 13.6 Å². The van der Waals surface area contributed by atoms with Crippen LogP contribution in [0.1, 0.15) is 5.69 Å². The van der Waals surface area contributed by atoms with Crippen molar-refractivity contribution < 1.29 is 0 Å². The maximum atomic E-state index is 6.15. The highest BCUT2D eigenvalue weighted by atomic mass is 127. The molecule has 0 saturated carbocycles. The SMILES string of the molecule is Cn1cccc1CN=C(N)N1CCN(c2ccc(Cl)cc2)CC1.I. The van der Waals surface area contributed by atoms with Crippen LogP contribution in [0.25, 0.3) is 0 Å². The first-order valence-electron chi connectivity index (χ1n) is 7.79. The fraction of sp³-hybridized carbons (Fsp3) is 0.353. The molecule has 2 heterocycles. The number of hydrogen-bond donors (Lipinski definition) is 1. The van der Waals surface area contributed by atoms with Gasteiger partial charge in [0.1, 0.15) is 0 Å². The van der Waals surface area contributed by atoms with E-state index in [1.54, 1.807) is 0 Å². The van der Waals surface area contributed by atoms with E-state index in [9.17, 15) is 0 Å². The molecule has 5 nitrogen and oxygen atoms in total. The van der Waals surface area contributed by atoms with Gasteiger partial charge >= 0.3 is 0 Å². The monoisotopic (exact) mass is 459 g/mol. The summed E-state index contributed by atoms with van der Waals surface area (Å²) in [6, 6.07) is 12.1. The van der Waals surface area contributed by atoms with Crippen molar-refractivity contribution in [2.75, 3.05) is 31.1 Å². The van der Waals surface area contributed by atoms with Crippen molar-refractivity contribution in [3.05, 3.63) is 53.3 Å². The number of benzene rings is 1. The second-order valence-electron chi connectivity index (χ2n) is 5.74. The third-order valence-electron chi connectivity index (χ3n) is 4.25. The van der Waals surface area contributed by atoms with Gasteiger partial charge in [-0.1, -0.05) is 11.6 Å². The van der Waals surface area contributed by atoms with Gasteiger partial charge in [0.15, 0.2) is 5.96 Å². The quantitative estimate of drug-likeness (QED) is 0.436. The van der Waals surface area contributed by atoms with Gasteiger partial charge < -0.3 is 20.1 Å². The normalized spacial score (nSPS) is 15.3. The van der Waals surface area contributed by atoms with E-state index in [1.165, 1.54) is 5.69 Å². The van der Waals surface area contributed by atoms with Crippen molar-refractivity contribution >= 4 is 47.2 Å². The molecule has 0 atom stereocenters. The maximum absolute atomic E-state index is 6.15. The highest BCUT2D eigenvalue weighted by Crippen LogP contribution is 2.19. The van der Waals surface area contributed by atoms with Crippen molar-refractivity contribution in [1.29, 1.82) is 0 Å². The number of piperazine rings is 1. The lowest BCUT2D eigenvalue weighted by Gasteiger charge is -2.36. The van der Waals surface area contributed by atoms with Gasteiger partial charge in [0.05, 0.1) is 6.54 Å². The molecular formula is C17H23ClIN5. The smallest absolute Gasteiger partial charge is 0.191 e. The number of aryl methyl sites for hydroxylation is 1. The van der Waals surface area contributed by atoms with Crippen molar-refractivity contribution in [2.45, 2.75) is 6.54 Å². The Morgan fingerprint density at radius 1 is 1.12 bits per heavy atom. The molecule has 1 aliphatic heterocycles. The Balaban J connectivity index is 0.00000208. The predicted octanol–water partition coefficient (Wildman–Crippen LogP) is 2.93. The number of aliphatic imine (C=N–C) groups is 1. The van der Waals surface area contributed by atoms with Gasteiger partial charge in [-0.25, -0.2) is 4.99 Å². The number of hydrogen-bond acceptors (Lipinski definition) is 2. The molecule has 0 aliphatic carbocycles. The molecule has 1 aromatic heterocycles. The largest absolute Gasteiger partial charge is 0.370 e. The van der Waals surface area contributed by atoms with Gasteiger partial charge in [-0.05, 0) is 36.4 Å². The zero-order valence-corrected chi connectivity index (χ0v) is 16.8. The van der Waals surface area contributed by atoms with E-state index in [-0.39, 0.29) is 24.0 Å². The molecule has 0 spiro atoms. The van der Waals surface area contributed by atoms with Crippen LogP contribution in [0.15, 0.2) is 47.6 Å². The van der Waals surface area contributed by atoms with E-state index in [4.69, 9.17) is 17.3 Å². The van der Waals surface area contributed by atoms with E-state index < -0.39 is 0 Å². The standard InChI is InChI=1S/C17H22ClN5.HI/c1-21-8-2-3-16(21)13-20-17(19)23-11-9-22(10-12-23)15-6-4-14(18)5-7-15;/h2-8H,9-13H2,1H3,(H2,19,20);1H. The minimum atomic E-state index is 0. The lowest BCUT2D eigenvalue weighted by Crippen LogP contribution is -2.51. The van der Waals surface area contributed by atoms with Gasteiger partial charge in [-0.15, -0.1) is 24.0 Å². The van der Waals surface area contributed by atoms with Crippen molar-refractivity contribution in [3.63, 3.8) is 0 Å². The van der Waals surface area contributed by atoms with Crippen molar-refractivity contribution in [1.82, 2.24) is 9.47 Å². The molecule has 2 N–H and O–H groups in total. The second-order valence-corrected chi connectivity index (χ2v) is 6.17. The first-order valence-corrected chi connectivity index (χ1v) is 8.17. The van der Waals surface area contributed by atoms with Crippen LogP contribution in [0.2, 0.25) is 5.02 Å². The van der Waals surface area contributed by atoms with Gasteiger partial charge in [-0.2, -0.15) is 0 Å². The summed E-state index contributed by atoms with van der Waals surface area (Å²) in [5.41, 5.74) is 8.51. The van der Waals surface area contributed by atoms with E-state index in [1.807, 2.05) is 31.4 Å². The van der Waals surface area contributed by atoms with Crippen LogP contribution in [-0.4, -0.2) is 41.6 Å². The molecule has 1 aliphatic rings.